The third-order valence-electron chi connectivity index (χ3n) is 4.69. The number of hydrogen-bond donors (Lipinski definition) is 3. The monoisotopic (exact) mass is 462 g/mol. The molecule has 0 aliphatic rings. The van der Waals surface area contributed by atoms with Crippen LogP contribution in [-0.4, -0.2) is 16.5 Å². The van der Waals surface area contributed by atoms with Gasteiger partial charge in [0.25, 0.3) is 5.91 Å². The van der Waals surface area contributed by atoms with E-state index in [4.69, 9.17) is 0 Å². The summed E-state index contributed by atoms with van der Waals surface area (Å²) in [5, 5.41) is 9.40. The molecule has 3 aromatic carbocycles. The largest absolute Gasteiger partial charge is 0.339 e. The number of urea groups is 1. The highest BCUT2D eigenvalue weighted by Gasteiger charge is 2.19. The SMILES string of the molecule is Cn1c(C(=O)Nc2ccc(NC(=O)Nc3ccccc3)cc2)c(Br)c2ccccc21. The van der Waals surface area contributed by atoms with Gasteiger partial charge in [0.15, 0.2) is 0 Å². The predicted octanol–water partition coefficient (Wildman–Crippen LogP) is 5.84. The minimum absolute atomic E-state index is 0.219. The fraction of sp³-hybridized carbons (Fsp3) is 0.0435. The lowest BCUT2D eigenvalue weighted by atomic mass is 10.2. The molecule has 0 radical (unpaired) electrons. The van der Waals surface area contributed by atoms with Crippen LogP contribution in [-0.2, 0) is 7.05 Å². The van der Waals surface area contributed by atoms with Crippen molar-refractivity contribution in [2.24, 2.45) is 7.05 Å². The maximum Gasteiger partial charge on any atom is 0.323 e. The van der Waals surface area contributed by atoms with E-state index in [9.17, 15) is 9.59 Å². The highest BCUT2D eigenvalue weighted by atomic mass is 79.9. The van der Waals surface area contributed by atoms with Crippen LogP contribution in [0, 0.1) is 0 Å². The number of anilines is 3. The molecule has 0 atom stereocenters. The minimum Gasteiger partial charge on any atom is -0.339 e. The zero-order valence-electron chi connectivity index (χ0n) is 16.1. The molecule has 6 nitrogen and oxygen atoms in total. The molecule has 0 spiro atoms. The van der Waals surface area contributed by atoms with Gasteiger partial charge >= 0.3 is 6.03 Å². The fourth-order valence-electron chi connectivity index (χ4n) is 3.24. The van der Waals surface area contributed by atoms with Crippen LogP contribution in [0.5, 0.6) is 0 Å². The molecule has 1 aromatic heterocycles. The van der Waals surface area contributed by atoms with E-state index in [1.165, 1.54) is 0 Å². The highest BCUT2D eigenvalue weighted by molar-refractivity contribution is 9.10. The lowest BCUT2D eigenvalue weighted by molar-refractivity contribution is 0.101. The number of amides is 3. The molecule has 0 fully saturated rings. The van der Waals surface area contributed by atoms with Gasteiger partial charge in [-0.2, -0.15) is 0 Å². The van der Waals surface area contributed by atoms with Crippen LogP contribution in [0.15, 0.2) is 83.3 Å². The van der Waals surface area contributed by atoms with Gasteiger partial charge in [-0.25, -0.2) is 4.79 Å². The first kappa shape index (κ1) is 19.7. The summed E-state index contributed by atoms with van der Waals surface area (Å²) >= 11 is 3.55. The fourth-order valence-corrected chi connectivity index (χ4v) is 4.02. The van der Waals surface area contributed by atoms with Gasteiger partial charge in [-0.1, -0.05) is 36.4 Å². The second kappa shape index (κ2) is 8.42. The Balaban J connectivity index is 1.44. The first-order chi connectivity index (χ1) is 14.5. The summed E-state index contributed by atoms with van der Waals surface area (Å²) in [6, 6.07) is 23.6. The van der Waals surface area contributed by atoms with Crippen molar-refractivity contribution in [2.45, 2.75) is 0 Å². The lowest BCUT2D eigenvalue weighted by Crippen LogP contribution is -2.19. The van der Waals surface area contributed by atoms with E-state index in [0.717, 1.165) is 15.4 Å². The van der Waals surface area contributed by atoms with E-state index in [-0.39, 0.29) is 11.9 Å². The molecule has 1 heterocycles. The number of para-hydroxylation sites is 2. The van der Waals surface area contributed by atoms with Crippen molar-refractivity contribution < 1.29 is 9.59 Å². The average Bonchev–Trinajstić information content (AvgIpc) is 3.01. The number of nitrogens with one attached hydrogen (secondary N) is 3. The van der Waals surface area contributed by atoms with E-state index in [1.807, 2.05) is 66.2 Å². The predicted molar refractivity (Wildman–Crippen MR) is 124 cm³/mol. The topological polar surface area (TPSA) is 75.2 Å². The molecule has 4 rings (SSSR count). The summed E-state index contributed by atoms with van der Waals surface area (Å²) in [6.07, 6.45) is 0. The summed E-state index contributed by atoms with van der Waals surface area (Å²) in [5.74, 6) is -0.219. The molecule has 0 bridgehead atoms. The van der Waals surface area contributed by atoms with Crippen LogP contribution in [0.2, 0.25) is 0 Å². The molecule has 0 aliphatic heterocycles. The highest BCUT2D eigenvalue weighted by Crippen LogP contribution is 2.30. The van der Waals surface area contributed by atoms with Crippen molar-refractivity contribution >= 4 is 55.8 Å². The molecule has 3 N–H and O–H groups in total. The van der Waals surface area contributed by atoms with Gasteiger partial charge in [0.05, 0.1) is 4.47 Å². The van der Waals surface area contributed by atoms with Gasteiger partial charge in [0.1, 0.15) is 5.69 Å². The number of nitrogens with zero attached hydrogens (tertiary/aromatic N) is 1. The third-order valence-corrected chi connectivity index (χ3v) is 5.50. The Morgan fingerprint density at radius 2 is 1.27 bits per heavy atom. The van der Waals surface area contributed by atoms with Crippen molar-refractivity contribution in [3.05, 3.63) is 89.0 Å². The molecule has 0 aliphatic carbocycles. The average molecular weight is 463 g/mol. The number of carbonyl (C=O) groups is 2. The van der Waals surface area contributed by atoms with Crippen LogP contribution in [0.3, 0.4) is 0 Å². The molecule has 7 heteroatoms. The number of fused-ring (bicyclic) bond motifs is 1. The van der Waals surface area contributed by atoms with Crippen molar-refractivity contribution in [2.75, 3.05) is 16.0 Å². The second-order valence-electron chi connectivity index (χ2n) is 6.72. The molecule has 3 amide bonds. The third kappa shape index (κ3) is 4.06. The maximum atomic E-state index is 12.8. The van der Waals surface area contributed by atoms with E-state index in [0.29, 0.717) is 22.8 Å². The molecule has 0 saturated carbocycles. The van der Waals surface area contributed by atoms with Gasteiger partial charge in [-0.05, 0) is 58.4 Å². The second-order valence-corrected chi connectivity index (χ2v) is 7.51. The number of carbonyl (C=O) groups excluding carboxylic acids is 2. The number of halogens is 1. The Labute approximate surface area is 182 Å². The Morgan fingerprint density at radius 1 is 0.733 bits per heavy atom. The minimum atomic E-state index is -0.336. The van der Waals surface area contributed by atoms with Crippen molar-refractivity contribution in [3.63, 3.8) is 0 Å². The first-order valence-electron chi connectivity index (χ1n) is 9.30. The normalized spacial score (nSPS) is 10.6. The Hall–Kier alpha value is -3.58. The van der Waals surface area contributed by atoms with Gasteiger partial charge in [0.2, 0.25) is 0 Å². The number of aryl methyl sites for hydroxylation is 1. The van der Waals surface area contributed by atoms with E-state index >= 15 is 0 Å². The number of aromatic nitrogens is 1. The summed E-state index contributed by atoms with van der Waals surface area (Å²) < 4.78 is 2.62. The van der Waals surface area contributed by atoms with Crippen LogP contribution >= 0.6 is 15.9 Å². The van der Waals surface area contributed by atoms with Crippen LogP contribution < -0.4 is 16.0 Å². The zero-order valence-corrected chi connectivity index (χ0v) is 17.7. The van der Waals surface area contributed by atoms with E-state index < -0.39 is 0 Å². The van der Waals surface area contributed by atoms with E-state index in [1.54, 1.807) is 24.3 Å². The van der Waals surface area contributed by atoms with Gasteiger partial charge in [0, 0.05) is 35.0 Å². The van der Waals surface area contributed by atoms with Crippen LogP contribution in [0.25, 0.3) is 10.9 Å². The van der Waals surface area contributed by atoms with Crippen molar-refractivity contribution in [1.29, 1.82) is 0 Å². The smallest absolute Gasteiger partial charge is 0.323 e. The summed E-state index contributed by atoms with van der Waals surface area (Å²) in [6.45, 7) is 0. The standard InChI is InChI=1S/C23H19BrN4O2/c1-28-19-10-6-5-9-18(19)20(24)21(28)22(29)25-16-11-13-17(14-12-16)27-23(30)26-15-7-3-2-4-8-15/h2-14H,1H3,(H,25,29)(H2,26,27,30). The lowest BCUT2D eigenvalue weighted by Gasteiger charge is -2.10. The molecule has 4 aromatic rings. The van der Waals surface area contributed by atoms with Crippen LogP contribution in [0.4, 0.5) is 21.9 Å². The molecule has 0 saturated heterocycles. The van der Waals surface area contributed by atoms with Gasteiger partial charge < -0.3 is 20.5 Å². The Kier molecular flexibility index (Phi) is 5.54. The summed E-state index contributed by atoms with van der Waals surface area (Å²) in [4.78, 5) is 24.9. The summed E-state index contributed by atoms with van der Waals surface area (Å²) in [5.41, 5.74) is 3.47. The van der Waals surface area contributed by atoms with Crippen molar-refractivity contribution in [3.8, 4) is 0 Å². The Bertz CT molecular complexity index is 1180. The van der Waals surface area contributed by atoms with Crippen LogP contribution in [0.1, 0.15) is 10.5 Å². The molecular weight excluding hydrogens is 444 g/mol. The first-order valence-corrected chi connectivity index (χ1v) is 10.1. The maximum absolute atomic E-state index is 12.8. The van der Waals surface area contributed by atoms with E-state index in [2.05, 4.69) is 31.9 Å². The van der Waals surface area contributed by atoms with Gasteiger partial charge in [-0.15, -0.1) is 0 Å². The molecule has 30 heavy (non-hydrogen) atoms. The number of hydrogen-bond acceptors (Lipinski definition) is 2. The Morgan fingerprint density at radius 3 is 1.90 bits per heavy atom. The van der Waals surface area contributed by atoms with Gasteiger partial charge in [-0.3, -0.25) is 4.79 Å². The molecule has 0 unspecified atom stereocenters. The molecule has 150 valence electrons. The zero-order chi connectivity index (χ0) is 21.1. The molecular formula is C23H19BrN4O2. The quantitative estimate of drug-likeness (QED) is 0.356. The number of rotatable bonds is 4. The number of benzene rings is 3. The summed E-state index contributed by atoms with van der Waals surface area (Å²) in [7, 11) is 1.86. The van der Waals surface area contributed by atoms with Crippen molar-refractivity contribution in [1.82, 2.24) is 4.57 Å².